The maximum atomic E-state index is 11.7. The molecule has 0 aromatic rings. The number of Topliss-reactive ketones (excluding diaryl/α,β-unsaturated/α-hetero) is 1. The average molecular weight is 224 g/mol. The second kappa shape index (κ2) is 3.86. The van der Waals surface area contributed by atoms with Gasteiger partial charge < -0.3 is 4.74 Å². The molecule has 2 atom stereocenters. The molecule has 3 nitrogen and oxygen atoms in total. The number of rotatable bonds is 1. The van der Waals surface area contributed by atoms with Gasteiger partial charge in [0.1, 0.15) is 11.4 Å². The molecular formula is C13H20O3. The number of esters is 1. The molecule has 0 radical (unpaired) electrons. The van der Waals surface area contributed by atoms with Gasteiger partial charge in [-0.25, -0.2) is 0 Å². The van der Waals surface area contributed by atoms with Crippen LogP contribution < -0.4 is 0 Å². The summed E-state index contributed by atoms with van der Waals surface area (Å²) < 4.78 is 5.60. The Kier molecular flexibility index (Phi) is 2.81. The van der Waals surface area contributed by atoms with Gasteiger partial charge in [0.15, 0.2) is 0 Å². The first-order chi connectivity index (χ1) is 7.47. The molecule has 0 N–H and O–H groups in total. The van der Waals surface area contributed by atoms with E-state index in [0.717, 1.165) is 25.7 Å². The Morgan fingerprint density at radius 1 is 1.25 bits per heavy atom. The normalized spacial score (nSPS) is 39.0. The molecule has 2 aliphatic carbocycles. The predicted molar refractivity (Wildman–Crippen MR) is 59.9 cm³/mol. The maximum Gasteiger partial charge on any atom is 0.303 e. The second-order valence-corrected chi connectivity index (χ2v) is 5.57. The summed E-state index contributed by atoms with van der Waals surface area (Å²) in [5.74, 6) is 0.00319. The zero-order valence-corrected chi connectivity index (χ0v) is 10.2. The fourth-order valence-electron chi connectivity index (χ4n) is 3.42. The van der Waals surface area contributed by atoms with Crippen molar-refractivity contribution in [1.82, 2.24) is 0 Å². The van der Waals surface area contributed by atoms with Crippen LogP contribution in [0.5, 0.6) is 0 Å². The van der Waals surface area contributed by atoms with Crippen LogP contribution in [-0.4, -0.2) is 17.4 Å². The SMILES string of the molecule is CC(=O)O[C@@]12CCCC[C@@]1(C)CCC(=O)C2. The van der Waals surface area contributed by atoms with Crippen molar-refractivity contribution in [2.75, 3.05) is 0 Å². The van der Waals surface area contributed by atoms with Gasteiger partial charge in [-0.1, -0.05) is 13.3 Å². The highest BCUT2D eigenvalue weighted by atomic mass is 16.6. The van der Waals surface area contributed by atoms with Crippen LogP contribution in [0.25, 0.3) is 0 Å². The van der Waals surface area contributed by atoms with E-state index in [4.69, 9.17) is 4.74 Å². The summed E-state index contributed by atoms with van der Waals surface area (Å²) in [6, 6.07) is 0. The van der Waals surface area contributed by atoms with Crippen LogP contribution in [0.15, 0.2) is 0 Å². The van der Waals surface area contributed by atoms with E-state index in [2.05, 4.69) is 6.92 Å². The van der Waals surface area contributed by atoms with E-state index in [1.807, 2.05) is 0 Å². The van der Waals surface area contributed by atoms with Crippen LogP contribution in [0.4, 0.5) is 0 Å². The summed E-state index contributed by atoms with van der Waals surface area (Å²) in [6.07, 6.45) is 6.15. The molecule has 0 heterocycles. The lowest BCUT2D eigenvalue weighted by molar-refractivity contribution is -0.191. The van der Waals surface area contributed by atoms with Crippen molar-refractivity contribution in [1.29, 1.82) is 0 Å². The molecule has 0 unspecified atom stereocenters. The molecule has 2 aliphatic rings. The Labute approximate surface area is 96.5 Å². The van der Waals surface area contributed by atoms with Crippen molar-refractivity contribution in [2.45, 2.75) is 64.4 Å². The molecule has 3 heteroatoms. The van der Waals surface area contributed by atoms with Gasteiger partial charge in [-0.3, -0.25) is 9.59 Å². The van der Waals surface area contributed by atoms with Crippen molar-refractivity contribution in [3.05, 3.63) is 0 Å². The highest BCUT2D eigenvalue weighted by Crippen LogP contribution is 2.54. The molecule has 0 aromatic carbocycles. The first kappa shape index (κ1) is 11.6. The second-order valence-electron chi connectivity index (χ2n) is 5.57. The number of hydrogen-bond donors (Lipinski definition) is 0. The van der Waals surface area contributed by atoms with Gasteiger partial charge in [0, 0.05) is 25.2 Å². The summed E-state index contributed by atoms with van der Waals surface area (Å²) in [5.41, 5.74) is -0.475. The molecule has 0 aromatic heterocycles. The lowest BCUT2D eigenvalue weighted by Crippen LogP contribution is -2.55. The first-order valence-electron chi connectivity index (χ1n) is 6.19. The molecule has 0 aliphatic heterocycles. The zero-order chi connectivity index (χ0) is 11.8. The van der Waals surface area contributed by atoms with E-state index in [0.29, 0.717) is 12.8 Å². The van der Waals surface area contributed by atoms with Gasteiger partial charge in [-0.05, 0) is 25.7 Å². The minimum Gasteiger partial charge on any atom is -0.458 e. The van der Waals surface area contributed by atoms with Crippen LogP contribution in [0.2, 0.25) is 0 Å². The molecule has 0 amide bonds. The molecular weight excluding hydrogens is 204 g/mol. The van der Waals surface area contributed by atoms with Gasteiger partial charge >= 0.3 is 5.97 Å². The van der Waals surface area contributed by atoms with E-state index in [-0.39, 0.29) is 17.2 Å². The summed E-state index contributed by atoms with van der Waals surface area (Å²) >= 11 is 0. The van der Waals surface area contributed by atoms with E-state index in [9.17, 15) is 9.59 Å². The molecule has 0 saturated heterocycles. The largest absolute Gasteiger partial charge is 0.458 e. The fourth-order valence-corrected chi connectivity index (χ4v) is 3.42. The lowest BCUT2D eigenvalue weighted by Gasteiger charge is -2.53. The third kappa shape index (κ3) is 1.76. The standard InChI is InChI=1S/C13H20O3/c1-10(14)16-13-7-4-3-6-12(13,2)8-5-11(15)9-13/h3-9H2,1-2H3/t12-,13+/m0/s1. The fraction of sp³-hybridized carbons (Fsp3) is 0.846. The number of fused-ring (bicyclic) bond motifs is 1. The molecule has 2 saturated carbocycles. The van der Waals surface area contributed by atoms with E-state index in [1.54, 1.807) is 0 Å². The topological polar surface area (TPSA) is 43.4 Å². The number of ether oxygens (including phenoxy) is 1. The molecule has 0 spiro atoms. The lowest BCUT2D eigenvalue weighted by atomic mass is 9.57. The number of carbonyl (C=O) groups excluding carboxylic acids is 2. The van der Waals surface area contributed by atoms with Crippen molar-refractivity contribution in [3.63, 3.8) is 0 Å². The van der Waals surface area contributed by atoms with Crippen LogP contribution in [0.1, 0.15) is 58.8 Å². The molecule has 0 bridgehead atoms. The summed E-state index contributed by atoms with van der Waals surface area (Å²) in [4.78, 5) is 22.9. The molecule has 16 heavy (non-hydrogen) atoms. The third-order valence-corrected chi connectivity index (χ3v) is 4.44. The zero-order valence-electron chi connectivity index (χ0n) is 10.2. The van der Waals surface area contributed by atoms with E-state index < -0.39 is 5.60 Å². The van der Waals surface area contributed by atoms with Crippen molar-refractivity contribution < 1.29 is 14.3 Å². The van der Waals surface area contributed by atoms with Gasteiger partial charge in [0.05, 0.1) is 0 Å². The highest BCUT2D eigenvalue weighted by Gasteiger charge is 2.55. The first-order valence-corrected chi connectivity index (χ1v) is 6.19. The molecule has 2 fully saturated rings. The van der Waals surface area contributed by atoms with Crippen molar-refractivity contribution in [2.24, 2.45) is 5.41 Å². The Hall–Kier alpha value is -0.860. The van der Waals surface area contributed by atoms with Crippen LogP contribution in [0, 0.1) is 5.41 Å². The number of hydrogen-bond acceptors (Lipinski definition) is 3. The third-order valence-electron chi connectivity index (χ3n) is 4.44. The Morgan fingerprint density at radius 2 is 1.94 bits per heavy atom. The van der Waals surface area contributed by atoms with Gasteiger partial charge in [-0.2, -0.15) is 0 Å². The Bertz CT molecular complexity index is 319. The minimum atomic E-state index is -0.494. The molecule has 90 valence electrons. The quantitative estimate of drug-likeness (QED) is 0.643. The Balaban J connectivity index is 2.30. The summed E-state index contributed by atoms with van der Waals surface area (Å²) in [6.45, 7) is 3.63. The predicted octanol–water partition coefficient (Wildman–Crippen LogP) is 2.62. The summed E-state index contributed by atoms with van der Waals surface area (Å²) in [5, 5.41) is 0. The monoisotopic (exact) mass is 224 g/mol. The van der Waals surface area contributed by atoms with Crippen molar-refractivity contribution >= 4 is 11.8 Å². The van der Waals surface area contributed by atoms with Gasteiger partial charge in [-0.15, -0.1) is 0 Å². The van der Waals surface area contributed by atoms with Crippen LogP contribution >= 0.6 is 0 Å². The van der Waals surface area contributed by atoms with Crippen LogP contribution in [0.3, 0.4) is 0 Å². The summed E-state index contributed by atoms with van der Waals surface area (Å²) in [7, 11) is 0. The maximum absolute atomic E-state index is 11.7. The highest BCUT2D eigenvalue weighted by molar-refractivity contribution is 5.81. The average Bonchev–Trinajstić information content (AvgIpc) is 2.18. The van der Waals surface area contributed by atoms with E-state index >= 15 is 0 Å². The number of ketones is 1. The van der Waals surface area contributed by atoms with E-state index in [1.165, 1.54) is 13.3 Å². The number of carbonyl (C=O) groups is 2. The van der Waals surface area contributed by atoms with Crippen molar-refractivity contribution in [3.8, 4) is 0 Å². The smallest absolute Gasteiger partial charge is 0.303 e. The minimum absolute atomic E-state index is 0.0187. The van der Waals surface area contributed by atoms with Crippen LogP contribution in [-0.2, 0) is 14.3 Å². The molecule has 2 rings (SSSR count). The van der Waals surface area contributed by atoms with Gasteiger partial charge in [0.25, 0.3) is 0 Å². The Morgan fingerprint density at radius 3 is 2.62 bits per heavy atom. The van der Waals surface area contributed by atoms with Gasteiger partial charge in [0.2, 0.25) is 0 Å².